The van der Waals surface area contributed by atoms with Crippen molar-refractivity contribution in [3.63, 3.8) is 0 Å². The summed E-state index contributed by atoms with van der Waals surface area (Å²) in [6.07, 6.45) is 7.32. The Labute approximate surface area is 145 Å². The van der Waals surface area contributed by atoms with Gasteiger partial charge in [0, 0.05) is 0 Å². The van der Waals surface area contributed by atoms with Crippen LogP contribution in [-0.2, 0) is 6.42 Å². The maximum atomic E-state index is 10.3. The van der Waals surface area contributed by atoms with E-state index in [1.807, 2.05) is 6.07 Å². The van der Waals surface area contributed by atoms with Gasteiger partial charge in [-0.2, -0.15) is 0 Å². The summed E-state index contributed by atoms with van der Waals surface area (Å²) in [5, 5.41) is 0.256. The molecule has 0 spiro atoms. The quantitative estimate of drug-likeness (QED) is 0.446. The Morgan fingerprint density at radius 1 is 0.583 bits per heavy atom. The van der Waals surface area contributed by atoms with Gasteiger partial charge in [-0.1, -0.05) is 0 Å². The van der Waals surface area contributed by atoms with Crippen LogP contribution < -0.4 is 5.30 Å². The van der Waals surface area contributed by atoms with Gasteiger partial charge in [-0.3, -0.25) is 0 Å². The molecule has 24 heavy (non-hydrogen) atoms. The molecule has 0 unspecified atom stereocenters. The third kappa shape index (κ3) is 6.33. The van der Waals surface area contributed by atoms with Gasteiger partial charge < -0.3 is 0 Å². The molecule has 132 valence electrons. The number of hydrogen-bond acceptors (Lipinski definition) is 3. The molecule has 0 aromatic heterocycles. The first-order valence-corrected chi connectivity index (χ1v) is 11.1. The van der Waals surface area contributed by atoms with Crippen molar-refractivity contribution in [1.29, 1.82) is 0 Å². The van der Waals surface area contributed by atoms with E-state index in [4.69, 9.17) is 0 Å². The molecule has 4 heteroatoms. The number of aryl methyl sites for hydroxylation is 1. The van der Waals surface area contributed by atoms with Crippen LogP contribution in [0.15, 0.2) is 60.7 Å². The van der Waals surface area contributed by atoms with E-state index >= 15 is 0 Å². The van der Waals surface area contributed by atoms with Gasteiger partial charge in [0.2, 0.25) is 0 Å². The fraction of sp³-hybridized carbons (Fsp3) is 0.400. The monoisotopic (exact) mass is 348 g/mol. The van der Waals surface area contributed by atoms with Crippen LogP contribution in [0.5, 0.6) is 0 Å². The molecule has 0 fully saturated rings. The maximum absolute atomic E-state index is 10.3. The standard InChI is InChI=1S/C20H29O3P/c21-24(22,23,20-16-10-6-11-17-20)18-12-4-2-1-3-7-13-19-14-8-5-9-15-19/h5-6,8-11,14-17,21-23H,1-4,7,12-13,18H2. The Bertz CT molecular complexity index is 591. The molecule has 0 saturated heterocycles. The molecule has 0 bridgehead atoms. The van der Waals surface area contributed by atoms with Gasteiger partial charge >= 0.3 is 145 Å². The summed E-state index contributed by atoms with van der Waals surface area (Å²) in [6.45, 7) is 0. The zero-order valence-electron chi connectivity index (χ0n) is 14.2. The minimum absolute atomic E-state index is 0.0552. The number of hydrogen-bond donors (Lipinski definition) is 3. The van der Waals surface area contributed by atoms with Crippen LogP contribution in [0.1, 0.15) is 44.1 Å². The molecule has 0 atom stereocenters. The first-order valence-electron chi connectivity index (χ1n) is 8.81. The van der Waals surface area contributed by atoms with Gasteiger partial charge in [-0.25, -0.2) is 0 Å². The molecule has 0 aliphatic rings. The second kappa shape index (κ2) is 8.73. The third-order valence-corrected chi connectivity index (χ3v) is 6.91. The van der Waals surface area contributed by atoms with Gasteiger partial charge in [0.1, 0.15) is 0 Å². The second-order valence-corrected chi connectivity index (χ2v) is 9.83. The Hall–Kier alpha value is -1.25. The Morgan fingerprint density at radius 3 is 1.71 bits per heavy atom. The van der Waals surface area contributed by atoms with Crippen molar-refractivity contribution < 1.29 is 14.7 Å². The molecule has 0 radical (unpaired) electrons. The number of benzene rings is 2. The minimum atomic E-state index is -4.67. The molecule has 2 aromatic rings. The van der Waals surface area contributed by atoms with Gasteiger partial charge in [0.25, 0.3) is 0 Å². The third-order valence-electron chi connectivity index (χ3n) is 4.41. The van der Waals surface area contributed by atoms with Crippen molar-refractivity contribution in [2.45, 2.75) is 44.9 Å². The average molecular weight is 348 g/mol. The van der Waals surface area contributed by atoms with Gasteiger partial charge in [-0.15, -0.1) is 0 Å². The summed E-state index contributed by atoms with van der Waals surface area (Å²) in [7, 11) is -4.67. The van der Waals surface area contributed by atoms with E-state index < -0.39 is 7.28 Å². The Kier molecular flexibility index (Phi) is 6.94. The van der Waals surface area contributed by atoms with E-state index in [0.717, 1.165) is 25.7 Å². The zero-order valence-corrected chi connectivity index (χ0v) is 15.1. The van der Waals surface area contributed by atoms with Crippen LogP contribution in [0, 0.1) is 0 Å². The van der Waals surface area contributed by atoms with Gasteiger partial charge in [0.15, 0.2) is 0 Å². The normalized spacial score (nSPS) is 13.4. The molecule has 3 N–H and O–H groups in total. The SMILES string of the molecule is OP(O)(O)(CCCCCCCCc1ccccc1)c1ccccc1. The van der Waals surface area contributed by atoms with Crippen molar-refractivity contribution in [1.82, 2.24) is 0 Å². The van der Waals surface area contributed by atoms with Crippen molar-refractivity contribution in [2.24, 2.45) is 0 Å². The van der Waals surface area contributed by atoms with Crippen LogP contribution in [-0.4, -0.2) is 20.8 Å². The summed E-state index contributed by atoms with van der Waals surface area (Å²) in [4.78, 5) is 30.8. The summed E-state index contributed by atoms with van der Waals surface area (Å²) in [5.74, 6) is 0. The van der Waals surface area contributed by atoms with E-state index in [1.54, 1.807) is 30.3 Å². The molecule has 0 saturated carbocycles. The molecule has 2 aromatic carbocycles. The van der Waals surface area contributed by atoms with E-state index in [9.17, 15) is 14.7 Å². The zero-order chi connectivity index (χ0) is 17.3. The van der Waals surface area contributed by atoms with Crippen molar-refractivity contribution in [2.75, 3.05) is 6.16 Å². The van der Waals surface area contributed by atoms with Gasteiger partial charge in [0.05, 0.1) is 0 Å². The first-order chi connectivity index (χ1) is 11.5. The first kappa shape index (κ1) is 19.1. The van der Waals surface area contributed by atoms with E-state index in [1.165, 1.54) is 18.4 Å². The van der Waals surface area contributed by atoms with E-state index in [0.29, 0.717) is 6.42 Å². The molecular weight excluding hydrogens is 319 g/mol. The molecule has 0 aliphatic carbocycles. The Balaban J connectivity index is 1.59. The molecule has 0 heterocycles. The fourth-order valence-electron chi connectivity index (χ4n) is 2.95. The number of rotatable bonds is 10. The molecule has 2 rings (SSSR count). The molecule has 0 aliphatic heterocycles. The number of unbranched alkanes of at least 4 members (excludes halogenated alkanes) is 5. The summed E-state index contributed by atoms with van der Waals surface area (Å²) in [6, 6.07) is 18.9. The van der Waals surface area contributed by atoms with Crippen LogP contribution in [0.2, 0.25) is 0 Å². The fourth-order valence-corrected chi connectivity index (χ4v) is 4.79. The predicted octanol–water partition coefficient (Wildman–Crippen LogP) is 4.17. The van der Waals surface area contributed by atoms with E-state index in [2.05, 4.69) is 24.3 Å². The van der Waals surface area contributed by atoms with Crippen LogP contribution in [0.3, 0.4) is 0 Å². The van der Waals surface area contributed by atoms with Crippen LogP contribution >= 0.6 is 7.28 Å². The predicted molar refractivity (Wildman–Crippen MR) is 102 cm³/mol. The Morgan fingerprint density at radius 2 is 1.08 bits per heavy atom. The molecule has 0 amide bonds. The topological polar surface area (TPSA) is 60.7 Å². The van der Waals surface area contributed by atoms with Crippen molar-refractivity contribution in [3.05, 3.63) is 66.2 Å². The molecule has 3 nitrogen and oxygen atoms in total. The van der Waals surface area contributed by atoms with Crippen molar-refractivity contribution in [3.8, 4) is 0 Å². The molecular formula is C20H29O3P. The summed E-state index contributed by atoms with van der Waals surface area (Å²) >= 11 is 0. The van der Waals surface area contributed by atoms with Crippen LogP contribution in [0.4, 0.5) is 0 Å². The summed E-state index contributed by atoms with van der Waals surface area (Å²) in [5.41, 5.74) is 1.39. The van der Waals surface area contributed by atoms with Gasteiger partial charge in [-0.05, 0) is 0 Å². The van der Waals surface area contributed by atoms with Crippen LogP contribution in [0.25, 0.3) is 0 Å². The average Bonchev–Trinajstić information content (AvgIpc) is 2.58. The van der Waals surface area contributed by atoms with Crippen molar-refractivity contribution >= 4 is 12.6 Å². The van der Waals surface area contributed by atoms with E-state index in [-0.39, 0.29) is 11.5 Å². The second-order valence-electron chi connectivity index (χ2n) is 6.57. The summed E-state index contributed by atoms with van der Waals surface area (Å²) < 4.78 is 0.